The van der Waals surface area contributed by atoms with Crippen LogP contribution in [0.1, 0.15) is 11.6 Å². The summed E-state index contributed by atoms with van der Waals surface area (Å²) in [6, 6.07) is 4.15. The van der Waals surface area contributed by atoms with E-state index in [-0.39, 0.29) is 12.4 Å². The second-order valence-electron chi connectivity index (χ2n) is 2.71. The number of aliphatic hydroxyl groups excluding tert-OH is 1. The van der Waals surface area contributed by atoms with Gasteiger partial charge >= 0.3 is 0 Å². The average molecular weight is 183 g/mol. The quantitative estimate of drug-likeness (QED) is 0.633. The molecule has 0 aromatic heterocycles. The molecule has 0 heterocycles. The molecule has 0 aliphatic heterocycles. The topological polar surface area (TPSA) is 75.7 Å². The van der Waals surface area contributed by atoms with Crippen molar-refractivity contribution >= 4 is 0 Å². The summed E-state index contributed by atoms with van der Waals surface area (Å²) in [7, 11) is 1.53. The zero-order valence-electron chi connectivity index (χ0n) is 7.40. The van der Waals surface area contributed by atoms with Gasteiger partial charge in [0.2, 0.25) is 0 Å². The number of phenols is 1. The van der Waals surface area contributed by atoms with Crippen molar-refractivity contribution in [2.24, 2.45) is 5.73 Å². The van der Waals surface area contributed by atoms with Gasteiger partial charge in [0.15, 0.2) is 0 Å². The van der Waals surface area contributed by atoms with Gasteiger partial charge in [-0.1, -0.05) is 0 Å². The minimum absolute atomic E-state index is 0.0716. The molecule has 4 nitrogen and oxygen atoms in total. The molecule has 1 aromatic rings. The maximum atomic E-state index is 9.39. The van der Waals surface area contributed by atoms with Crippen LogP contribution in [0.4, 0.5) is 0 Å². The van der Waals surface area contributed by atoms with Crippen molar-refractivity contribution in [2.75, 3.05) is 13.7 Å². The summed E-state index contributed by atoms with van der Waals surface area (Å²) in [6.45, 7) is -0.208. The zero-order chi connectivity index (χ0) is 9.84. The highest BCUT2D eigenvalue weighted by Crippen LogP contribution is 2.26. The molecule has 4 heteroatoms. The fraction of sp³-hybridized carbons (Fsp3) is 0.333. The van der Waals surface area contributed by atoms with Crippen molar-refractivity contribution in [1.29, 1.82) is 0 Å². The molecule has 0 spiro atoms. The third-order valence-electron chi connectivity index (χ3n) is 1.83. The molecule has 0 saturated carbocycles. The van der Waals surface area contributed by atoms with E-state index in [0.29, 0.717) is 11.3 Å². The third-order valence-corrected chi connectivity index (χ3v) is 1.83. The second-order valence-corrected chi connectivity index (χ2v) is 2.71. The van der Waals surface area contributed by atoms with Crippen LogP contribution in [0.2, 0.25) is 0 Å². The van der Waals surface area contributed by atoms with Gasteiger partial charge in [0.05, 0.1) is 19.8 Å². The predicted octanol–water partition coefficient (Wildman–Crippen LogP) is 0.393. The number of aliphatic hydroxyl groups is 1. The summed E-state index contributed by atoms with van der Waals surface area (Å²) in [5, 5.41) is 18.2. The van der Waals surface area contributed by atoms with E-state index in [0.717, 1.165) is 0 Å². The minimum atomic E-state index is -0.574. The zero-order valence-corrected chi connectivity index (χ0v) is 7.40. The molecule has 13 heavy (non-hydrogen) atoms. The van der Waals surface area contributed by atoms with E-state index >= 15 is 0 Å². The van der Waals surface area contributed by atoms with Gasteiger partial charge in [0, 0.05) is 5.56 Å². The Labute approximate surface area is 76.6 Å². The molecule has 0 aliphatic rings. The Morgan fingerprint density at radius 1 is 1.54 bits per heavy atom. The lowest BCUT2D eigenvalue weighted by molar-refractivity contribution is 0.265. The first-order valence-corrected chi connectivity index (χ1v) is 3.92. The van der Waals surface area contributed by atoms with Crippen LogP contribution < -0.4 is 10.5 Å². The molecule has 0 bridgehead atoms. The molecular weight excluding hydrogens is 170 g/mol. The Morgan fingerprint density at radius 3 is 2.77 bits per heavy atom. The van der Waals surface area contributed by atoms with Gasteiger partial charge < -0.3 is 20.7 Å². The van der Waals surface area contributed by atoms with Crippen molar-refractivity contribution in [2.45, 2.75) is 6.04 Å². The number of nitrogens with two attached hydrogens (primary N) is 1. The molecule has 0 unspecified atom stereocenters. The normalized spacial score (nSPS) is 12.5. The molecule has 0 amide bonds. The van der Waals surface area contributed by atoms with E-state index in [9.17, 15) is 5.11 Å². The lowest BCUT2D eigenvalue weighted by atomic mass is 10.1. The van der Waals surface area contributed by atoms with Gasteiger partial charge in [0.1, 0.15) is 11.5 Å². The van der Waals surface area contributed by atoms with Gasteiger partial charge in [-0.25, -0.2) is 0 Å². The summed E-state index contributed by atoms with van der Waals surface area (Å²) in [4.78, 5) is 0. The first kappa shape index (κ1) is 9.83. The molecule has 1 rings (SSSR count). The number of ether oxygens (including phenoxy) is 1. The maximum Gasteiger partial charge on any atom is 0.120 e. The van der Waals surface area contributed by atoms with Crippen LogP contribution >= 0.6 is 0 Å². The van der Waals surface area contributed by atoms with E-state index in [1.807, 2.05) is 0 Å². The fourth-order valence-electron chi connectivity index (χ4n) is 1.05. The van der Waals surface area contributed by atoms with Gasteiger partial charge in [-0.3, -0.25) is 0 Å². The monoisotopic (exact) mass is 183 g/mol. The predicted molar refractivity (Wildman–Crippen MR) is 48.7 cm³/mol. The Morgan fingerprint density at radius 2 is 2.23 bits per heavy atom. The van der Waals surface area contributed by atoms with E-state index in [1.165, 1.54) is 13.2 Å². The van der Waals surface area contributed by atoms with Crippen LogP contribution in [0.5, 0.6) is 11.5 Å². The summed E-state index contributed by atoms with van der Waals surface area (Å²) >= 11 is 0. The van der Waals surface area contributed by atoms with E-state index in [2.05, 4.69) is 0 Å². The summed E-state index contributed by atoms with van der Waals surface area (Å²) in [6.07, 6.45) is 0. The van der Waals surface area contributed by atoms with Gasteiger partial charge in [-0.15, -0.1) is 0 Å². The van der Waals surface area contributed by atoms with Crippen molar-refractivity contribution in [3.8, 4) is 11.5 Å². The number of benzene rings is 1. The van der Waals surface area contributed by atoms with Crippen LogP contribution in [0.3, 0.4) is 0 Å². The second kappa shape index (κ2) is 4.11. The van der Waals surface area contributed by atoms with Gasteiger partial charge in [0.25, 0.3) is 0 Å². The first-order valence-electron chi connectivity index (χ1n) is 3.92. The van der Waals surface area contributed by atoms with E-state index in [1.54, 1.807) is 12.1 Å². The third kappa shape index (κ3) is 2.11. The molecule has 0 fully saturated rings. The van der Waals surface area contributed by atoms with Crippen molar-refractivity contribution < 1.29 is 14.9 Å². The average Bonchev–Trinajstić information content (AvgIpc) is 2.17. The molecule has 4 N–H and O–H groups in total. The Balaban J connectivity index is 3.03. The minimum Gasteiger partial charge on any atom is -0.508 e. The summed E-state index contributed by atoms with van der Waals surface area (Å²) in [5.41, 5.74) is 6.04. The maximum absolute atomic E-state index is 9.39. The Bertz CT molecular complexity index is 288. The lowest BCUT2D eigenvalue weighted by Gasteiger charge is -2.11. The number of methoxy groups -OCH3 is 1. The van der Waals surface area contributed by atoms with Gasteiger partial charge in [-0.2, -0.15) is 0 Å². The molecular formula is C9H13NO3. The van der Waals surface area contributed by atoms with E-state index in [4.69, 9.17) is 15.6 Å². The number of hydrogen-bond acceptors (Lipinski definition) is 4. The highest BCUT2D eigenvalue weighted by molar-refractivity contribution is 5.41. The van der Waals surface area contributed by atoms with Crippen LogP contribution in [0.25, 0.3) is 0 Å². The number of rotatable bonds is 3. The highest BCUT2D eigenvalue weighted by Gasteiger charge is 2.10. The van der Waals surface area contributed by atoms with Crippen molar-refractivity contribution in [1.82, 2.24) is 0 Å². The summed E-state index contributed by atoms with van der Waals surface area (Å²) in [5.74, 6) is 0.680. The number of aromatic hydroxyl groups is 1. The van der Waals surface area contributed by atoms with Crippen LogP contribution in [0.15, 0.2) is 18.2 Å². The molecule has 1 aromatic carbocycles. The van der Waals surface area contributed by atoms with Crippen LogP contribution in [-0.2, 0) is 0 Å². The van der Waals surface area contributed by atoms with Gasteiger partial charge in [-0.05, 0) is 18.2 Å². The summed E-state index contributed by atoms with van der Waals surface area (Å²) < 4.78 is 4.96. The molecule has 1 atom stereocenters. The smallest absolute Gasteiger partial charge is 0.120 e. The number of hydrogen-bond donors (Lipinski definition) is 3. The SMILES string of the molecule is COc1ccc(O)c([C@@H](N)CO)c1. The first-order chi connectivity index (χ1) is 6.19. The van der Waals surface area contributed by atoms with Crippen LogP contribution in [0, 0.1) is 0 Å². The van der Waals surface area contributed by atoms with Crippen molar-refractivity contribution in [3.05, 3.63) is 23.8 Å². The largest absolute Gasteiger partial charge is 0.508 e. The fourth-order valence-corrected chi connectivity index (χ4v) is 1.05. The lowest BCUT2D eigenvalue weighted by Crippen LogP contribution is -2.14. The Kier molecular flexibility index (Phi) is 3.11. The molecule has 0 saturated heterocycles. The highest BCUT2D eigenvalue weighted by atomic mass is 16.5. The number of phenolic OH excluding ortho intramolecular Hbond substituents is 1. The molecule has 72 valence electrons. The molecule has 0 aliphatic carbocycles. The molecule has 0 radical (unpaired) electrons. The van der Waals surface area contributed by atoms with E-state index < -0.39 is 6.04 Å². The Hall–Kier alpha value is -1.26. The standard InChI is InChI=1S/C9H13NO3/c1-13-6-2-3-9(12)7(4-6)8(10)5-11/h2-4,8,11-12H,5,10H2,1H3/t8-/m0/s1. The van der Waals surface area contributed by atoms with Crippen LogP contribution in [-0.4, -0.2) is 23.9 Å². The van der Waals surface area contributed by atoms with Crippen molar-refractivity contribution in [3.63, 3.8) is 0 Å².